The van der Waals surface area contributed by atoms with Crippen molar-refractivity contribution in [3.8, 4) is 6.19 Å². The number of hydrogen-bond donors (Lipinski definition) is 0. The predicted octanol–water partition coefficient (Wildman–Crippen LogP) is 1.54. The van der Waals surface area contributed by atoms with Gasteiger partial charge in [-0.3, -0.25) is 0 Å². The van der Waals surface area contributed by atoms with Crippen LogP contribution in [0.3, 0.4) is 0 Å². The molecule has 15 heavy (non-hydrogen) atoms. The van der Waals surface area contributed by atoms with Crippen LogP contribution in [0.15, 0.2) is 4.99 Å². The summed E-state index contributed by atoms with van der Waals surface area (Å²) in [6.45, 7) is 2.75. The zero-order chi connectivity index (χ0) is 11.1. The van der Waals surface area contributed by atoms with Crippen molar-refractivity contribution in [2.45, 2.75) is 12.8 Å². The SMILES string of the molecule is COCC1CCCN(C(=NC#N)SC)C1. The van der Waals surface area contributed by atoms with Crippen LogP contribution in [-0.2, 0) is 4.74 Å². The number of amidine groups is 1. The Morgan fingerprint density at radius 2 is 2.53 bits per heavy atom. The molecule has 1 unspecified atom stereocenters. The summed E-state index contributed by atoms with van der Waals surface area (Å²) in [6, 6.07) is 0. The molecule has 0 aromatic carbocycles. The Bertz CT molecular complexity index is 260. The molecule has 1 aliphatic rings. The first-order valence-electron chi connectivity index (χ1n) is 5.06. The molecule has 1 fully saturated rings. The second kappa shape index (κ2) is 6.70. The molecule has 1 atom stereocenters. The Kier molecular flexibility index (Phi) is 5.51. The Hall–Kier alpha value is -0.730. The molecule has 0 saturated carbocycles. The molecule has 84 valence electrons. The standard InChI is InChI=1S/C10H17N3OS/c1-14-7-9-4-3-5-13(6-9)10(15-2)12-8-11/h9H,3-7H2,1-2H3. The lowest BCUT2D eigenvalue weighted by Gasteiger charge is -2.33. The van der Waals surface area contributed by atoms with Crippen LogP contribution in [0.1, 0.15) is 12.8 Å². The second-order valence-electron chi connectivity index (χ2n) is 3.61. The van der Waals surface area contributed by atoms with Gasteiger partial charge in [0.15, 0.2) is 5.17 Å². The summed E-state index contributed by atoms with van der Waals surface area (Å²) < 4.78 is 5.16. The highest BCUT2D eigenvalue weighted by molar-refractivity contribution is 8.13. The maximum atomic E-state index is 8.57. The molecule has 1 rings (SSSR count). The van der Waals surface area contributed by atoms with E-state index < -0.39 is 0 Å². The van der Waals surface area contributed by atoms with Crippen molar-refractivity contribution in [2.24, 2.45) is 10.9 Å². The van der Waals surface area contributed by atoms with Gasteiger partial charge in [0.25, 0.3) is 0 Å². The number of aliphatic imine (C=N–C) groups is 1. The minimum Gasteiger partial charge on any atom is -0.384 e. The van der Waals surface area contributed by atoms with E-state index in [-0.39, 0.29) is 0 Å². The number of rotatable bonds is 2. The van der Waals surface area contributed by atoms with Crippen molar-refractivity contribution in [3.63, 3.8) is 0 Å². The van der Waals surface area contributed by atoms with Crippen LogP contribution in [0.4, 0.5) is 0 Å². The minimum absolute atomic E-state index is 0.569. The first-order valence-corrected chi connectivity index (χ1v) is 6.29. The van der Waals surface area contributed by atoms with Crippen molar-refractivity contribution in [3.05, 3.63) is 0 Å². The average molecular weight is 227 g/mol. The fourth-order valence-corrected chi connectivity index (χ4v) is 2.45. The van der Waals surface area contributed by atoms with Crippen LogP contribution in [0.2, 0.25) is 0 Å². The van der Waals surface area contributed by atoms with Gasteiger partial charge in [-0.25, -0.2) is 0 Å². The van der Waals surface area contributed by atoms with E-state index in [0.717, 1.165) is 31.3 Å². The summed E-state index contributed by atoms with van der Waals surface area (Å²) in [5, 5.41) is 9.40. The zero-order valence-electron chi connectivity index (χ0n) is 9.27. The normalized spacial score (nSPS) is 22.6. The molecule has 1 saturated heterocycles. The number of hydrogen-bond acceptors (Lipinski definition) is 4. The van der Waals surface area contributed by atoms with E-state index in [9.17, 15) is 0 Å². The molecule has 0 aliphatic carbocycles. The average Bonchev–Trinajstić information content (AvgIpc) is 2.27. The molecule has 1 heterocycles. The monoisotopic (exact) mass is 227 g/mol. The highest BCUT2D eigenvalue weighted by Crippen LogP contribution is 2.19. The fourth-order valence-electron chi connectivity index (χ4n) is 1.90. The quantitative estimate of drug-likeness (QED) is 0.408. The number of nitrogens with zero attached hydrogens (tertiary/aromatic N) is 3. The predicted molar refractivity (Wildman–Crippen MR) is 62.7 cm³/mol. The van der Waals surface area contributed by atoms with Gasteiger partial charge in [0, 0.05) is 20.2 Å². The van der Waals surface area contributed by atoms with Gasteiger partial charge in [0.05, 0.1) is 6.61 Å². The van der Waals surface area contributed by atoms with Gasteiger partial charge < -0.3 is 9.64 Å². The lowest BCUT2D eigenvalue weighted by molar-refractivity contribution is 0.116. The van der Waals surface area contributed by atoms with Crippen LogP contribution in [-0.4, -0.2) is 43.1 Å². The molecule has 0 N–H and O–H groups in total. The topological polar surface area (TPSA) is 48.6 Å². The molecule has 0 bridgehead atoms. The van der Waals surface area contributed by atoms with E-state index in [1.54, 1.807) is 7.11 Å². The Morgan fingerprint density at radius 3 is 3.13 bits per heavy atom. The van der Waals surface area contributed by atoms with Gasteiger partial charge in [0.2, 0.25) is 6.19 Å². The number of nitriles is 1. The molecule has 4 nitrogen and oxygen atoms in total. The smallest absolute Gasteiger partial charge is 0.208 e. The Labute approximate surface area is 95.3 Å². The summed E-state index contributed by atoms with van der Waals surface area (Å²) in [4.78, 5) is 6.01. The first-order chi connectivity index (χ1) is 7.31. The number of methoxy groups -OCH3 is 1. The van der Waals surface area contributed by atoms with Gasteiger partial charge in [-0.2, -0.15) is 5.26 Å². The van der Waals surface area contributed by atoms with Crippen molar-refractivity contribution >= 4 is 16.9 Å². The van der Waals surface area contributed by atoms with Crippen molar-refractivity contribution in [1.82, 2.24) is 4.90 Å². The molecule has 0 spiro atoms. The molecule has 0 radical (unpaired) electrons. The zero-order valence-corrected chi connectivity index (χ0v) is 10.1. The molecule has 1 aliphatic heterocycles. The molecular formula is C10H17N3OS. The number of thioether (sulfide) groups is 1. The number of piperidine rings is 1. The number of ether oxygens (including phenoxy) is 1. The van der Waals surface area contributed by atoms with E-state index in [1.807, 2.05) is 12.4 Å². The van der Waals surface area contributed by atoms with Crippen LogP contribution < -0.4 is 0 Å². The summed E-state index contributed by atoms with van der Waals surface area (Å²) in [7, 11) is 1.73. The van der Waals surface area contributed by atoms with Gasteiger partial charge in [-0.15, -0.1) is 4.99 Å². The van der Waals surface area contributed by atoms with Crippen LogP contribution in [0.25, 0.3) is 0 Å². The fraction of sp³-hybridized carbons (Fsp3) is 0.800. The molecule has 0 aromatic heterocycles. The van der Waals surface area contributed by atoms with Crippen LogP contribution >= 0.6 is 11.8 Å². The third-order valence-corrected chi connectivity index (χ3v) is 3.23. The lowest BCUT2D eigenvalue weighted by Crippen LogP contribution is -2.39. The molecule has 5 heteroatoms. The summed E-state index contributed by atoms with van der Waals surface area (Å²) in [5.74, 6) is 0.569. The van der Waals surface area contributed by atoms with E-state index >= 15 is 0 Å². The van der Waals surface area contributed by atoms with Crippen molar-refractivity contribution in [1.29, 1.82) is 5.26 Å². The molecule has 0 amide bonds. The Balaban J connectivity index is 2.55. The highest BCUT2D eigenvalue weighted by atomic mass is 32.2. The maximum Gasteiger partial charge on any atom is 0.208 e. The van der Waals surface area contributed by atoms with Crippen LogP contribution in [0, 0.1) is 17.4 Å². The van der Waals surface area contributed by atoms with Crippen LogP contribution in [0.5, 0.6) is 0 Å². The minimum atomic E-state index is 0.569. The number of likely N-dealkylation sites (tertiary alicyclic amines) is 1. The maximum absolute atomic E-state index is 8.57. The highest BCUT2D eigenvalue weighted by Gasteiger charge is 2.21. The van der Waals surface area contributed by atoms with Gasteiger partial charge in [0.1, 0.15) is 0 Å². The van der Waals surface area contributed by atoms with Gasteiger partial charge in [-0.1, -0.05) is 11.8 Å². The molecular weight excluding hydrogens is 210 g/mol. The second-order valence-corrected chi connectivity index (χ2v) is 4.38. The summed E-state index contributed by atoms with van der Waals surface area (Å²) in [5.41, 5.74) is 0. The van der Waals surface area contributed by atoms with E-state index in [1.165, 1.54) is 18.2 Å². The summed E-state index contributed by atoms with van der Waals surface area (Å²) >= 11 is 1.53. The van der Waals surface area contributed by atoms with E-state index in [2.05, 4.69) is 9.89 Å². The van der Waals surface area contributed by atoms with Gasteiger partial charge >= 0.3 is 0 Å². The lowest BCUT2D eigenvalue weighted by atomic mass is 9.99. The summed E-state index contributed by atoms with van der Waals surface area (Å²) in [6.07, 6.45) is 6.17. The van der Waals surface area contributed by atoms with Gasteiger partial charge in [-0.05, 0) is 25.0 Å². The van der Waals surface area contributed by atoms with Crippen molar-refractivity contribution < 1.29 is 4.74 Å². The van der Waals surface area contributed by atoms with Crippen molar-refractivity contribution in [2.75, 3.05) is 33.1 Å². The largest absolute Gasteiger partial charge is 0.384 e. The molecule has 0 aromatic rings. The third-order valence-electron chi connectivity index (χ3n) is 2.52. The van der Waals surface area contributed by atoms with E-state index in [0.29, 0.717) is 5.92 Å². The Morgan fingerprint density at radius 1 is 1.73 bits per heavy atom. The third kappa shape index (κ3) is 3.73. The van der Waals surface area contributed by atoms with E-state index in [4.69, 9.17) is 10.00 Å². The first kappa shape index (κ1) is 12.3.